The molecule has 0 amide bonds. The summed E-state index contributed by atoms with van der Waals surface area (Å²) >= 11 is 11.8. The number of rotatable bonds is 3. The highest BCUT2D eigenvalue weighted by molar-refractivity contribution is 6.32. The first-order valence-corrected chi connectivity index (χ1v) is 7.05. The van der Waals surface area contributed by atoms with E-state index in [0.717, 1.165) is 12.1 Å². The Labute approximate surface area is 129 Å². The molecule has 2 heterocycles. The lowest BCUT2D eigenvalue weighted by Gasteiger charge is -2.11. The molecule has 108 valence electrons. The van der Waals surface area contributed by atoms with Crippen molar-refractivity contribution in [3.63, 3.8) is 0 Å². The van der Waals surface area contributed by atoms with Crippen molar-refractivity contribution in [1.29, 1.82) is 0 Å². The van der Waals surface area contributed by atoms with E-state index in [1.165, 1.54) is 0 Å². The molecule has 0 spiro atoms. The van der Waals surface area contributed by atoms with Crippen LogP contribution in [0.2, 0.25) is 5.02 Å². The van der Waals surface area contributed by atoms with Gasteiger partial charge in [0.1, 0.15) is 22.8 Å². The van der Waals surface area contributed by atoms with Gasteiger partial charge in [-0.05, 0) is 12.1 Å². The molecule has 3 aromatic rings. The quantitative estimate of drug-likeness (QED) is 0.677. The van der Waals surface area contributed by atoms with Gasteiger partial charge in [0.2, 0.25) is 0 Å². The molecule has 0 fully saturated rings. The molecule has 2 aromatic heterocycles. The van der Waals surface area contributed by atoms with Crippen LogP contribution in [0.25, 0.3) is 16.7 Å². The fourth-order valence-corrected chi connectivity index (χ4v) is 2.68. The van der Waals surface area contributed by atoms with Crippen molar-refractivity contribution in [2.75, 3.05) is 5.88 Å². The zero-order valence-electron chi connectivity index (χ0n) is 10.7. The van der Waals surface area contributed by atoms with Gasteiger partial charge >= 0.3 is 0 Å². The smallest absolute Gasteiger partial charge is 0.151 e. The van der Waals surface area contributed by atoms with Crippen molar-refractivity contribution >= 4 is 34.2 Å². The van der Waals surface area contributed by atoms with Crippen molar-refractivity contribution in [2.45, 2.75) is 6.42 Å². The number of fused-ring (bicyclic) bond motifs is 1. The van der Waals surface area contributed by atoms with Crippen LogP contribution in [0.15, 0.2) is 30.6 Å². The summed E-state index contributed by atoms with van der Waals surface area (Å²) in [6, 6.07) is 3.55. The maximum Gasteiger partial charge on any atom is 0.151 e. The van der Waals surface area contributed by atoms with Gasteiger partial charge in [0.25, 0.3) is 0 Å². The molecule has 7 heteroatoms. The fraction of sp³-hybridized carbons (Fsp3) is 0.143. The average Bonchev–Trinajstić information content (AvgIpc) is 2.77. The standard InChI is InChI=1S/C14H9Cl2F2N3/c15-3-1-13-20-11-7-19-4-2-12(11)21(13)14-9(16)5-8(17)6-10(14)18/h2,4-7H,1,3H2. The molecule has 3 nitrogen and oxygen atoms in total. The molecule has 0 aliphatic carbocycles. The number of benzene rings is 1. The second-order valence-corrected chi connectivity index (χ2v) is 5.17. The number of aromatic nitrogens is 3. The Morgan fingerprint density at radius 3 is 2.76 bits per heavy atom. The van der Waals surface area contributed by atoms with Crippen LogP contribution < -0.4 is 0 Å². The minimum absolute atomic E-state index is 0.0283. The number of pyridine rings is 1. The van der Waals surface area contributed by atoms with Gasteiger partial charge < -0.3 is 0 Å². The van der Waals surface area contributed by atoms with E-state index in [1.807, 2.05) is 0 Å². The third-order valence-corrected chi connectivity index (χ3v) is 3.53. The molecule has 0 radical (unpaired) electrons. The first-order valence-electron chi connectivity index (χ1n) is 6.14. The van der Waals surface area contributed by atoms with Crippen LogP contribution in [0.5, 0.6) is 0 Å². The molecule has 0 atom stereocenters. The molecule has 0 bridgehead atoms. The van der Waals surface area contributed by atoms with Gasteiger partial charge in [-0.3, -0.25) is 9.55 Å². The van der Waals surface area contributed by atoms with E-state index >= 15 is 0 Å². The maximum absolute atomic E-state index is 14.2. The molecular weight excluding hydrogens is 319 g/mol. The number of nitrogens with zero attached hydrogens (tertiary/aromatic N) is 3. The summed E-state index contributed by atoms with van der Waals surface area (Å²) < 4.78 is 29.0. The Morgan fingerprint density at radius 2 is 2.05 bits per heavy atom. The van der Waals surface area contributed by atoms with Crippen LogP contribution in [-0.2, 0) is 6.42 Å². The van der Waals surface area contributed by atoms with Gasteiger partial charge in [0, 0.05) is 24.6 Å². The molecule has 0 N–H and O–H groups in total. The third-order valence-electron chi connectivity index (χ3n) is 3.05. The number of alkyl halides is 1. The molecule has 0 unspecified atom stereocenters. The van der Waals surface area contributed by atoms with Gasteiger partial charge in [-0.15, -0.1) is 11.6 Å². The third kappa shape index (κ3) is 2.47. The Bertz CT molecular complexity index is 794. The highest BCUT2D eigenvalue weighted by Crippen LogP contribution is 2.30. The first kappa shape index (κ1) is 14.2. The summed E-state index contributed by atoms with van der Waals surface area (Å²) in [7, 11) is 0. The predicted molar refractivity (Wildman–Crippen MR) is 78.2 cm³/mol. The second kappa shape index (κ2) is 5.58. The summed E-state index contributed by atoms with van der Waals surface area (Å²) in [6.45, 7) is 0. The van der Waals surface area contributed by atoms with Crippen LogP contribution >= 0.6 is 23.2 Å². The molecular formula is C14H9Cl2F2N3. The number of aryl methyl sites for hydroxylation is 1. The highest BCUT2D eigenvalue weighted by atomic mass is 35.5. The molecule has 0 aliphatic rings. The van der Waals surface area contributed by atoms with E-state index in [1.54, 1.807) is 23.0 Å². The number of imidazole rings is 1. The normalized spacial score (nSPS) is 11.2. The SMILES string of the molecule is Fc1cc(F)c(-n2c(CCCl)nc3cnccc32)c(Cl)c1. The predicted octanol–water partition coefficient (Wildman–Crippen LogP) is 4.13. The number of hydrogen-bond acceptors (Lipinski definition) is 2. The molecule has 0 saturated carbocycles. The van der Waals surface area contributed by atoms with Crippen molar-refractivity contribution in [1.82, 2.24) is 14.5 Å². The minimum Gasteiger partial charge on any atom is -0.292 e. The lowest BCUT2D eigenvalue weighted by molar-refractivity contribution is 0.577. The molecule has 21 heavy (non-hydrogen) atoms. The molecule has 1 aromatic carbocycles. The van der Waals surface area contributed by atoms with E-state index < -0.39 is 11.6 Å². The summed E-state index contributed by atoms with van der Waals surface area (Å²) in [5, 5.41) is -0.0283. The maximum atomic E-state index is 14.2. The van der Waals surface area contributed by atoms with Crippen molar-refractivity contribution in [3.8, 4) is 5.69 Å². The molecule has 0 aliphatic heterocycles. The summed E-state index contributed by atoms with van der Waals surface area (Å²) in [5.74, 6) is -0.629. The topological polar surface area (TPSA) is 30.7 Å². The van der Waals surface area contributed by atoms with E-state index in [9.17, 15) is 8.78 Å². The van der Waals surface area contributed by atoms with Gasteiger partial charge in [-0.1, -0.05) is 11.6 Å². The van der Waals surface area contributed by atoms with Crippen molar-refractivity contribution < 1.29 is 8.78 Å². The van der Waals surface area contributed by atoms with E-state index in [2.05, 4.69) is 9.97 Å². The van der Waals surface area contributed by atoms with Gasteiger partial charge in [0.15, 0.2) is 5.82 Å². The Hall–Kier alpha value is -1.72. The second-order valence-electron chi connectivity index (χ2n) is 4.38. The summed E-state index contributed by atoms with van der Waals surface area (Å²) in [6.07, 6.45) is 3.56. The minimum atomic E-state index is -0.757. The van der Waals surface area contributed by atoms with Crippen LogP contribution in [-0.4, -0.2) is 20.4 Å². The van der Waals surface area contributed by atoms with Gasteiger partial charge in [-0.25, -0.2) is 13.8 Å². The van der Waals surface area contributed by atoms with Crippen LogP contribution in [0.1, 0.15) is 5.82 Å². The van der Waals surface area contributed by atoms with E-state index in [0.29, 0.717) is 29.2 Å². The van der Waals surface area contributed by atoms with Crippen molar-refractivity contribution in [3.05, 3.63) is 53.1 Å². The average molecular weight is 328 g/mol. The summed E-state index contributed by atoms with van der Waals surface area (Å²) in [4.78, 5) is 8.36. The van der Waals surface area contributed by atoms with Crippen molar-refractivity contribution in [2.24, 2.45) is 0 Å². The van der Waals surface area contributed by atoms with Gasteiger partial charge in [-0.2, -0.15) is 0 Å². The largest absolute Gasteiger partial charge is 0.292 e. The van der Waals surface area contributed by atoms with E-state index in [-0.39, 0.29) is 10.7 Å². The zero-order valence-corrected chi connectivity index (χ0v) is 12.2. The Balaban J connectivity index is 2.36. The lowest BCUT2D eigenvalue weighted by atomic mass is 10.2. The number of hydrogen-bond donors (Lipinski definition) is 0. The van der Waals surface area contributed by atoms with Crippen LogP contribution in [0.3, 0.4) is 0 Å². The monoisotopic (exact) mass is 327 g/mol. The lowest BCUT2D eigenvalue weighted by Crippen LogP contribution is -2.06. The van der Waals surface area contributed by atoms with Crippen LogP contribution in [0, 0.1) is 11.6 Å². The summed E-state index contributed by atoms with van der Waals surface area (Å²) in [5.41, 5.74) is 1.29. The highest BCUT2D eigenvalue weighted by Gasteiger charge is 2.19. The van der Waals surface area contributed by atoms with Gasteiger partial charge in [0.05, 0.1) is 16.7 Å². The molecule has 3 rings (SSSR count). The number of halogens is 4. The Kier molecular flexibility index (Phi) is 3.78. The fourth-order valence-electron chi connectivity index (χ4n) is 2.23. The Morgan fingerprint density at radius 1 is 1.24 bits per heavy atom. The van der Waals surface area contributed by atoms with E-state index in [4.69, 9.17) is 23.2 Å². The molecule has 0 saturated heterocycles. The van der Waals surface area contributed by atoms with Crippen LogP contribution in [0.4, 0.5) is 8.78 Å². The zero-order chi connectivity index (χ0) is 15.0. The first-order chi connectivity index (χ1) is 10.1.